The van der Waals surface area contributed by atoms with Gasteiger partial charge in [-0.05, 0) is 18.2 Å². The molecule has 0 unspecified atom stereocenters. The Balaban J connectivity index is 2.14. The number of anilines is 2. The number of carbonyl (C=O) groups excluding carboxylic acids is 1. The average molecular weight is 266 g/mol. The Hall–Kier alpha value is -2.95. The predicted octanol–water partition coefficient (Wildman–Crippen LogP) is 4.46. The van der Waals surface area contributed by atoms with Crippen molar-refractivity contribution in [2.75, 3.05) is 4.90 Å². The summed E-state index contributed by atoms with van der Waals surface area (Å²) in [5.41, 5.74) is 1.17. The van der Waals surface area contributed by atoms with Crippen molar-refractivity contribution in [1.29, 1.82) is 0 Å². The van der Waals surface area contributed by atoms with Crippen molar-refractivity contribution in [2.24, 2.45) is 5.18 Å². The molecule has 0 N–H and O–H groups in total. The van der Waals surface area contributed by atoms with Crippen LogP contribution in [-0.2, 0) is 0 Å². The third kappa shape index (κ3) is 2.05. The van der Waals surface area contributed by atoms with Crippen LogP contribution in [0.25, 0.3) is 11.0 Å². The maximum atomic E-state index is 11.8. The minimum absolute atomic E-state index is 0.266. The van der Waals surface area contributed by atoms with Gasteiger partial charge in [-0.2, -0.15) is 0 Å². The molecule has 1 heterocycles. The highest BCUT2D eigenvalue weighted by Gasteiger charge is 2.22. The van der Waals surface area contributed by atoms with Crippen LogP contribution in [0.4, 0.5) is 16.4 Å². The van der Waals surface area contributed by atoms with Gasteiger partial charge in [0.05, 0.1) is 5.69 Å². The average Bonchev–Trinajstić information content (AvgIpc) is 2.91. The Morgan fingerprint density at radius 3 is 2.40 bits per heavy atom. The maximum absolute atomic E-state index is 11.8. The normalized spacial score (nSPS) is 10.4. The SMILES string of the molecule is O=NC(=O)N(c1ccccc1)c1cc2ccccc2o1. The Morgan fingerprint density at radius 2 is 1.70 bits per heavy atom. The third-order valence-electron chi connectivity index (χ3n) is 2.92. The molecule has 0 radical (unpaired) electrons. The zero-order valence-electron chi connectivity index (χ0n) is 10.4. The third-order valence-corrected chi connectivity index (χ3v) is 2.92. The molecule has 0 atom stereocenters. The molecule has 5 nitrogen and oxygen atoms in total. The van der Waals surface area contributed by atoms with Gasteiger partial charge in [0.25, 0.3) is 0 Å². The summed E-state index contributed by atoms with van der Waals surface area (Å²) < 4.78 is 5.61. The highest BCUT2D eigenvalue weighted by molar-refractivity contribution is 6.00. The molecule has 0 spiro atoms. The number of amides is 2. The summed E-state index contributed by atoms with van der Waals surface area (Å²) in [7, 11) is 0. The van der Waals surface area contributed by atoms with Gasteiger partial charge in [-0.15, -0.1) is 4.91 Å². The molecule has 98 valence electrons. The molecule has 0 aliphatic rings. The lowest BCUT2D eigenvalue weighted by atomic mass is 10.2. The summed E-state index contributed by atoms with van der Waals surface area (Å²) in [5.74, 6) is 0.266. The van der Waals surface area contributed by atoms with Gasteiger partial charge in [-0.25, -0.2) is 9.69 Å². The fraction of sp³-hybridized carbons (Fsp3) is 0. The largest absolute Gasteiger partial charge is 0.440 e. The number of nitrogens with zero attached hydrogens (tertiary/aromatic N) is 2. The van der Waals surface area contributed by atoms with Gasteiger partial charge < -0.3 is 4.42 Å². The molecule has 1 aromatic heterocycles. The molecule has 3 aromatic rings. The quantitative estimate of drug-likeness (QED) is 0.643. The lowest BCUT2D eigenvalue weighted by molar-refractivity contribution is 0.255. The predicted molar refractivity (Wildman–Crippen MR) is 76.0 cm³/mol. The monoisotopic (exact) mass is 266 g/mol. The van der Waals surface area contributed by atoms with Crippen LogP contribution >= 0.6 is 0 Å². The molecule has 0 aliphatic carbocycles. The smallest absolute Gasteiger partial charge is 0.392 e. The molecule has 20 heavy (non-hydrogen) atoms. The molecule has 5 heteroatoms. The standard InChI is InChI=1S/C15H10N2O3/c18-15(16-19)17(12-7-2-1-3-8-12)14-10-11-6-4-5-9-13(11)20-14/h1-10H. The Bertz CT molecular complexity index is 732. The van der Waals surface area contributed by atoms with E-state index in [4.69, 9.17) is 4.42 Å². The van der Waals surface area contributed by atoms with Gasteiger partial charge in [0, 0.05) is 16.6 Å². The summed E-state index contributed by atoms with van der Waals surface area (Å²) in [6.45, 7) is 0. The van der Waals surface area contributed by atoms with E-state index < -0.39 is 6.03 Å². The van der Waals surface area contributed by atoms with Crippen LogP contribution in [0.3, 0.4) is 0 Å². The Labute approximate surface area is 114 Å². The molecule has 0 fully saturated rings. The van der Waals surface area contributed by atoms with Gasteiger partial charge in [0.2, 0.25) is 5.88 Å². The number of benzene rings is 2. The second kappa shape index (κ2) is 4.97. The van der Waals surface area contributed by atoms with Crippen LogP contribution < -0.4 is 4.90 Å². The molecular formula is C15H10N2O3. The van der Waals surface area contributed by atoms with E-state index in [9.17, 15) is 9.70 Å². The van der Waals surface area contributed by atoms with Crippen LogP contribution in [0, 0.1) is 4.91 Å². The number of hydrogen-bond donors (Lipinski definition) is 0. The minimum Gasteiger partial charge on any atom is -0.440 e. The second-order valence-electron chi connectivity index (χ2n) is 4.17. The van der Waals surface area contributed by atoms with Crippen molar-refractivity contribution in [1.82, 2.24) is 0 Å². The maximum Gasteiger partial charge on any atom is 0.392 e. The van der Waals surface area contributed by atoms with Crippen LogP contribution in [0.5, 0.6) is 0 Å². The van der Waals surface area contributed by atoms with Crippen LogP contribution in [0.2, 0.25) is 0 Å². The molecule has 2 amide bonds. The van der Waals surface area contributed by atoms with Crippen molar-refractivity contribution in [2.45, 2.75) is 0 Å². The van der Waals surface area contributed by atoms with Crippen LogP contribution in [0.1, 0.15) is 0 Å². The van der Waals surface area contributed by atoms with Crippen molar-refractivity contribution < 1.29 is 9.21 Å². The fourth-order valence-corrected chi connectivity index (χ4v) is 2.03. The van der Waals surface area contributed by atoms with Crippen LogP contribution in [0.15, 0.2) is 70.3 Å². The zero-order chi connectivity index (χ0) is 13.9. The van der Waals surface area contributed by atoms with Gasteiger partial charge in [-0.3, -0.25) is 0 Å². The first-order valence-corrected chi connectivity index (χ1v) is 6.00. The number of fused-ring (bicyclic) bond motifs is 1. The number of urea groups is 1. The minimum atomic E-state index is -0.921. The number of para-hydroxylation sites is 2. The number of furan rings is 1. The number of carbonyl (C=O) groups is 1. The molecule has 0 saturated heterocycles. The van der Waals surface area contributed by atoms with Crippen molar-refractivity contribution in [3.63, 3.8) is 0 Å². The summed E-state index contributed by atoms with van der Waals surface area (Å²) in [6.07, 6.45) is 0. The van der Waals surface area contributed by atoms with Gasteiger partial charge in [0.15, 0.2) is 0 Å². The van der Waals surface area contributed by atoms with Gasteiger partial charge in [0.1, 0.15) is 5.58 Å². The lowest BCUT2D eigenvalue weighted by Gasteiger charge is -2.15. The molecule has 3 rings (SSSR count). The van der Waals surface area contributed by atoms with E-state index in [-0.39, 0.29) is 5.88 Å². The van der Waals surface area contributed by atoms with E-state index in [1.165, 1.54) is 0 Å². The van der Waals surface area contributed by atoms with Gasteiger partial charge in [-0.1, -0.05) is 36.4 Å². The van der Waals surface area contributed by atoms with Crippen molar-refractivity contribution >= 4 is 28.6 Å². The zero-order valence-corrected chi connectivity index (χ0v) is 10.4. The summed E-state index contributed by atoms with van der Waals surface area (Å²) in [6, 6.07) is 16.9. The Morgan fingerprint density at radius 1 is 1.00 bits per heavy atom. The molecular weight excluding hydrogens is 256 g/mol. The summed E-state index contributed by atoms with van der Waals surface area (Å²) in [4.78, 5) is 23.5. The first-order chi connectivity index (χ1) is 9.79. The molecule has 0 saturated carbocycles. The lowest BCUT2D eigenvalue weighted by Crippen LogP contribution is -2.21. The van der Waals surface area contributed by atoms with E-state index in [1.54, 1.807) is 36.4 Å². The van der Waals surface area contributed by atoms with E-state index >= 15 is 0 Å². The van der Waals surface area contributed by atoms with E-state index in [2.05, 4.69) is 5.18 Å². The topological polar surface area (TPSA) is 62.9 Å². The van der Waals surface area contributed by atoms with E-state index in [1.807, 2.05) is 24.3 Å². The summed E-state index contributed by atoms with van der Waals surface area (Å²) in [5, 5.41) is 3.34. The van der Waals surface area contributed by atoms with Crippen molar-refractivity contribution in [3.8, 4) is 0 Å². The highest BCUT2D eigenvalue weighted by atomic mass is 16.4. The first kappa shape index (κ1) is 12.1. The molecule has 0 aliphatic heterocycles. The van der Waals surface area contributed by atoms with E-state index in [0.717, 1.165) is 10.3 Å². The van der Waals surface area contributed by atoms with Crippen molar-refractivity contribution in [3.05, 3.63) is 65.6 Å². The summed E-state index contributed by atoms with van der Waals surface area (Å²) >= 11 is 0. The second-order valence-corrected chi connectivity index (χ2v) is 4.17. The van der Waals surface area contributed by atoms with E-state index in [0.29, 0.717) is 11.3 Å². The van der Waals surface area contributed by atoms with Crippen LogP contribution in [-0.4, -0.2) is 6.03 Å². The highest BCUT2D eigenvalue weighted by Crippen LogP contribution is 2.31. The molecule has 2 aromatic carbocycles. The number of rotatable bonds is 2. The fourth-order valence-electron chi connectivity index (χ4n) is 2.03. The van der Waals surface area contributed by atoms with Gasteiger partial charge >= 0.3 is 6.03 Å². The first-order valence-electron chi connectivity index (χ1n) is 6.00. The molecule has 0 bridgehead atoms. The Kier molecular flexibility index (Phi) is 3.01. The number of hydrogen-bond acceptors (Lipinski definition) is 3. The number of nitroso groups, excluding NO2 is 1.